The molecule has 0 bridgehead atoms. The van der Waals surface area contributed by atoms with E-state index in [1.165, 1.54) is 6.33 Å². The molecule has 0 aliphatic carbocycles. The second-order valence-corrected chi connectivity index (χ2v) is 2.30. The minimum absolute atomic E-state index is 0.00211. The van der Waals surface area contributed by atoms with E-state index >= 15 is 0 Å². The molecule has 1 rings (SSSR count). The van der Waals surface area contributed by atoms with Crippen LogP contribution < -0.4 is 5.73 Å². The lowest BCUT2D eigenvalue weighted by atomic mass is 10.2. The molecule has 6 nitrogen and oxygen atoms in total. The monoisotopic (exact) mass is 157 g/mol. The smallest absolute Gasteiger partial charge is 0.138 e. The van der Waals surface area contributed by atoms with Crippen LogP contribution in [0.2, 0.25) is 0 Å². The van der Waals surface area contributed by atoms with Crippen molar-refractivity contribution < 1.29 is 5.11 Å². The van der Waals surface area contributed by atoms with Crippen molar-refractivity contribution in [3.05, 3.63) is 6.33 Å². The summed E-state index contributed by atoms with van der Waals surface area (Å²) >= 11 is 0. The predicted octanol–water partition coefficient (Wildman–Crippen LogP) is -1.62. The van der Waals surface area contributed by atoms with Crippen LogP contribution in [0.15, 0.2) is 6.33 Å². The molecule has 0 amide bonds. The molecule has 0 unspecified atom stereocenters. The van der Waals surface area contributed by atoms with Gasteiger partial charge in [0.2, 0.25) is 0 Å². The lowest BCUT2D eigenvalue weighted by molar-refractivity contribution is 0.254. The average molecular weight is 157 g/mol. The van der Waals surface area contributed by atoms with Crippen LogP contribution >= 0.6 is 0 Å². The summed E-state index contributed by atoms with van der Waals surface area (Å²) in [6.45, 7) is 0.650. The van der Waals surface area contributed by atoms with Gasteiger partial charge in [-0.1, -0.05) is 0 Å². The Hall–Kier alpha value is -1.01. The molecular weight excluding hydrogens is 146 g/mol. The minimum atomic E-state index is -0.181. The quantitative estimate of drug-likeness (QED) is 0.548. The van der Waals surface area contributed by atoms with E-state index in [2.05, 4.69) is 15.5 Å². The highest BCUT2D eigenvalue weighted by Gasteiger charge is 2.00. The predicted molar refractivity (Wildman–Crippen MR) is 37.5 cm³/mol. The van der Waals surface area contributed by atoms with Crippen molar-refractivity contribution in [2.24, 2.45) is 5.73 Å². The fraction of sp³-hybridized carbons (Fsp3) is 0.800. The van der Waals surface area contributed by atoms with Gasteiger partial charge in [0.25, 0.3) is 0 Å². The molecule has 1 heterocycles. The molecule has 62 valence electrons. The number of hydrogen-bond donors (Lipinski definition) is 2. The number of tetrazole rings is 1. The van der Waals surface area contributed by atoms with Crippen LogP contribution in [0.3, 0.4) is 0 Å². The molecule has 0 fully saturated rings. The fourth-order valence-corrected chi connectivity index (χ4v) is 0.672. The highest BCUT2D eigenvalue weighted by atomic mass is 16.3. The molecule has 0 radical (unpaired) electrons. The number of nitrogens with two attached hydrogens (primary N) is 1. The van der Waals surface area contributed by atoms with Crippen LogP contribution in [0, 0.1) is 0 Å². The maximum atomic E-state index is 8.58. The van der Waals surface area contributed by atoms with E-state index in [0.717, 1.165) is 0 Å². The molecular formula is C5H11N5O. The van der Waals surface area contributed by atoms with Crippen molar-refractivity contribution in [3.8, 4) is 0 Å². The van der Waals surface area contributed by atoms with Crippen LogP contribution in [0.4, 0.5) is 0 Å². The molecule has 0 saturated carbocycles. The molecule has 0 spiro atoms. The summed E-state index contributed by atoms with van der Waals surface area (Å²) < 4.78 is 1.58. The van der Waals surface area contributed by atoms with Crippen LogP contribution in [0.25, 0.3) is 0 Å². The first-order valence-corrected chi connectivity index (χ1v) is 3.40. The third-order valence-corrected chi connectivity index (χ3v) is 1.35. The van der Waals surface area contributed by atoms with Crippen molar-refractivity contribution in [1.29, 1.82) is 0 Å². The molecule has 0 saturated heterocycles. The average Bonchev–Trinajstić information content (AvgIpc) is 2.52. The lowest BCUT2D eigenvalue weighted by Crippen LogP contribution is -2.26. The van der Waals surface area contributed by atoms with Gasteiger partial charge in [0.1, 0.15) is 6.33 Å². The van der Waals surface area contributed by atoms with Crippen LogP contribution in [0.1, 0.15) is 6.42 Å². The fourth-order valence-electron chi connectivity index (χ4n) is 0.672. The van der Waals surface area contributed by atoms with Gasteiger partial charge in [0.15, 0.2) is 0 Å². The summed E-state index contributed by atoms with van der Waals surface area (Å²) in [5.74, 6) is 0. The first kappa shape index (κ1) is 8.09. The minimum Gasteiger partial charge on any atom is -0.395 e. The Labute approximate surface area is 64.0 Å². The summed E-state index contributed by atoms with van der Waals surface area (Å²) in [4.78, 5) is 0. The van der Waals surface area contributed by atoms with Gasteiger partial charge in [0, 0.05) is 12.6 Å². The van der Waals surface area contributed by atoms with Crippen molar-refractivity contribution in [3.63, 3.8) is 0 Å². The number of aliphatic hydroxyl groups excluding tert-OH is 1. The third kappa shape index (κ3) is 2.60. The van der Waals surface area contributed by atoms with E-state index in [1.807, 2.05) is 0 Å². The Morgan fingerprint density at radius 1 is 1.64 bits per heavy atom. The standard InChI is InChI=1S/C5H11N5O/c6-5(3-11)1-2-10-4-7-8-9-10/h4-5,11H,1-3,6H2/t5-/m1/s1. The topological polar surface area (TPSA) is 89.8 Å². The second-order valence-electron chi connectivity index (χ2n) is 2.30. The maximum absolute atomic E-state index is 8.58. The lowest BCUT2D eigenvalue weighted by Gasteiger charge is -2.05. The van der Waals surface area contributed by atoms with E-state index in [1.54, 1.807) is 4.68 Å². The second kappa shape index (κ2) is 3.99. The van der Waals surface area contributed by atoms with Crippen LogP contribution in [0.5, 0.6) is 0 Å². The van der Waals surface area contributed by atoms with Crippen molar-refractivity contribution in [2.45, 2.75) is 19.0 Å². The zero-order chi connectivity index (χ0) is 8.10. The van der Waals surface area contributed by atoms with Crippen molar-refractivity contribution >= 4 is 0 Å². The Balaban J connectivity index is 2.23. The van der Waals surface area contributed by atoms with Gasteiger partial charge >= 0.3 is 0 Å². The number of aliphatic hydroxyl groups is 1. The number of rotatable bonds is 4. The van der Waals surface area contributed by atoms with Gasteiger partial charge in [-0.25, -0.2) is 4.68 Å². The summed E-state index contributed by atoms with van der Waals surface area (Å²) in [5, 5.41) is 19.1. The molecule has 1 atom stereocenters. The van der Waals surface area contributed by atoms with Gasteiger partial charge in [-0.2, -0.15) is 0 Å². The molecule has 1 aromatic rings. The number of nitrogens with zero attached hydrogens (tertiary/aromatic N) is 4. The number of aryl methyl sites for hydroxylation is 1. The Morgan fingerprint density at radius 3 is 3.00 bits per heavy atom. The van der Waals surface area contributed by atoms with Gasteiger partial charge < -0.3 is 10.8 Å². The van der Waals surface area contributed by atoms with E-state index in [0.29, 0.717) is 13.0 Å². The highest BCUT2D eigenvalue weighted by Crippen LogP contribution is 1.89. The maximum Gasteiger partial charge on any atom is 0.138 e. The Bertz CT molecular complexity index is 187. The largest absolute Gasteiger partial charge is 0.395 e. The molecule has 0 aliphatic heterocycles. The van der Waals surface area contributed by atoms with Crippen molar-refractivity contribution in [1.82, 2.24) is 20.2 Å². The first-order chi connectivity index (χ1) is 5.33. The zero-order valence-corrected chi connectivity index (χ0v) is 6.09. The molecule has 3 N–H and O–H groups in total. The van der Waals surface area contributed by atoms with Gasteiger partial charge in [-0.3, -0.25) is 0 Å². The van der Waals surface area contributed by atoms with E-state index < -0.39 is 0 Å². The molecule has 1 aromatic heterocycles. The summed E-state index contributed by atoms with van der Waals surface area (Å²) in [6.07, 6.45) is 2.20. The van der Waals surface area contributed by atoms with Gasteiger partial charge in [0.05, 0.1) is 6.61 Å². The molecule has 0 aromatic carbocycles. The zero-order valence-electron chi connectivity index (χ0n) is 6.09. The molecule has 11 heavy (non-hydrogen) atoms. The third-order valence-electron chi connectivity index (χ3n) is 1.35. The highest BCUT2D eigenvalue weighted by molar-refractivity contribution is 4.58. The SMILES string of the molecule is N[C@@H](CO)CCn1cnnn1. The summed E-state index contributed by atoms with van der Waals surface area (Å²) in [6, 6.07) is -0.181. The molecule has 0 aliphatic rings. The Kier molecular flexibility index (Phi) is 2.94. The van der Waals surface area contributed by atoms with Crippen LogP contribution in [-0.2, 0) is 6.54 Å². The van der Waals surface area contributed by atoms with E-state index in [4.69, 9.17) is 10.8 Å². The van der Waals surface area contributed by atoms with E-state index in [-0.39, 0.29) is 12.6 Å². The Morgan fingerprint density at radius 2 is 2.45 bits per heavy atom. The number of hydrogen-bond acceptors (Lipinski definition) is 5. The number of aromatic nitrogens is 4. The van der Waals surface area contributed by atoms with Crippen molar-refractivity contribution in [2.75, 3.05) is 6.61 Å². The molecule has 6 heteroatoms. The summed E-state index contributed by atoms with van der Waals surface area (Å²) in [5.41, 5.74) is 5.46. The normalized spacial score (nSPS) is 13.3. The first-order valence-electron chi connectivity index (χ1n) is 3.40. The summed E-state index contributed by atoms with van der Waals surface area (Å²) in [7, 11) is 0. The van der Waals surface area contributed by atoms with Gasteiger partial charge in [-0.15, -0.1) is 5.10 Å². The van der Waals surface area contributed by atoms with E-state index in [9.17, 15) is 0 Å². The van der Waals surface area contributed by atoms with Crippen LogP contribution in [-0.4, -0.2) is 38.0 Å². The van der Waals surface area contributed by atoms with Gasteiger partial charge in [-0.05, 0) is 16.8 Å².